The molecule has 0 amide bonds. The number of nitrogens with zero attached hydrogens (tertiary/aromatic N) is 2. The van der Waals surface area contributed by atoms with E-state index in [-0.39, 0.29) is 0 Å². The predicted molar refractivity (Wildman–Crippen MR) is 186 cm³/mol. The Labute approximate surface area is 260 Å². The zero-order valence-electron chi connectivity index (χ0n) is 24.4. The van der Waals surface area contributed by atoms with Gasteiger partial charge < -0.3 is 27.0 Å². The van der Waals surface area contributed by atoms with Crippen molar-refractivity contribution in [3.05, 3.63) is 108 Å². The maximum Gasteiger partial charge on any atom is 0.202 e. The van der Waals surface area contributed by atoms with Gasteiger partial charge in [-0.1, -0.05) is 55.5 Å². The quantitative estimate of drug-likeness (QED) is 0.0692. The lowest BCUT2D eigenvalue weighted by atomic mass is 10.1. The van der Waals surface area contributed by atoms with Crippen LogP contribution in [-0.4, -0.2) is 11.0 Å². The number of nitriles is 1. The van der Waals surface area contributed by atoms with Crippen LogP contribution in [0.4, 0.5) is 39.3 Å². The molecule has 0 fully saturated rings. The Balaban J connectivity index is 1.13. The summed E-state index contributed by atoms with van der Waals surface area (Å²) in [5.41, 5.74) is 25.9. The molecular formula is C34H33N9S. The van der Waals surface area contributed by atoms with Crippen molar-refractivity contribution in [3.63, 3.8) is 0 Å². The van der Waals surface area contributed by atoms with Gasteiger partial charge in [0.2, 0.25) is 5.13 Å². The number of fused-ring (bicyclic) bond motifs is 2. The van der Waals surface area contributed by atoms with Gasteiger partial charge in [-0.3, -0.25) is 10.9 Å². The van der Waals surface area contributed by atoms with E-state index in [4.69, 9.17) is 5.26 Å². The highest BCUT2D eigenvalue weighted by atomic mass is 32.1. The molecule has 0 saturated heterocycles. The molecule has 0 spiro atoms. The topological polar surface area (TPSA) is 121 Å². The SMILES string of the molecule is CCC(C)Nc1ccc(NNc2ccc(NNc3ccc(NNc4nc(C#N)cs4)cc3)c3ccccc23)c2ccccc12. The molecule has 6 aromatic rings. The van der Waals surface area contributed by atoms with Crippen molar-refractivity contribution in [2.24, 2.45) is 0 Å². The summed E-state index contributed by atoms with van der Waals surface area (Å²) in [4.78, 5) is 4.16. The molecule has 0 radical (unpaired) electrons. The summed E-state index contributed by atoms with van der Waals surface area (Å²) in [5, 5.41) is 19.4. The van der Waals surface area contributed by atoms with Crippen LogP contribution in [0.25, 0.3) is 21.5 Å². The summed E-state index contributed by atoms with van der Waals surface area (Å²) in [6.45, 7) is 4.39. The number of thiazole rings is 1. The fourth-order valence-corrected chi connectivity index (χ4v) is 5.43. The van der Waals surface area contributed by atoms with Crippen molar-refractivity contribution in [3.8, 4) is 6.07 Å². The maximum atomic E-state index is 8.93. The Hall–Kier alpha value is -5.66. The van der Waals surface area contributed by atoms with Crippen LogP contribution in [0.1, 0.15) is 26.0 Å². The lowest BCUT2D eigenvalue weighted by Crippen LogP contribution is -2.14. The Morgan fingerprint density at radius 2 is 1.09 bits per heavy atom. The van der Waals surface area contributed by atoms with Crippen molar-refractivity contribution in [2.75, 3.05) is 37.9 Å². The molecule has 220 valence electrons. The monoisotopic (exact) mass is 599 g/mol. The molecule has 1 unspecified atom stereocenters. The first-order valence-electron chi connectivity index (χ1n) is 14.4. The summed E-state index contributed by atoms with van der Waals surface area (Å²) in [7, 11) is 0. The second-order valence-corrected chi connectivity index (χ2v) is 11.2. The Morgan fingerprint density at radius 1 is 0.636 bits per heavy atom. The molecule has 1 heterocycles. The van der Waals surface area contributed by atoms with Crippen LogP contribution in [0.3, 0.4) is 0 Å². The Kier molecular flexibility index (Phi) is 8.48. The average Bonchev–Trinajstić information content (AvgIpc) is 3.55. The van der Waals surface area contributed by atoms with Crippen LogP contribution in [0, 0.1) is 11.3 Å². The predicted octanol–water partition coefficient (Wildman–Crippen LogP) is 8.85. The summed E-state index contributed by atoms with van der Waals surface area (Å²) >= 11 is 1.37. The number of anilines is 7. The van der Waals surface area contributed by atoms with E-state index < -0.39 is 0 Å². The van der Waals surface area contributed by atoms with Crippen LogP contribution in [0.15, 0.2) is 102 Å². The van der Waals surface area contributed by atoms with E-state index in [1.54, 1.807) is 5.38 Å². The number of hydrogen-bond acceptors (Lipinski definition) is 10. The van der Waals surface area contributed by atoms with Gasteiger partial charge in [-0.15, -0.1) is 11.3 Å². The van der Waals surface area contributed by atoms with Crippen LogP contribution >= 0.6 is 11.3 Å². The molecule has 9 nitrogen and oxygen atoms in total. The van der Waals surface area contributed by atoms with Crippen LogP contribution in [-0.2, 0) is 0 Å². The van der Waals surface area contributed by atoms with Gasteiger partial charge in [-0.25, -0.2) is 4.98 Å². The van der Waals surface area contributed by atoms with Crippen LogP contribution in [0.2, 0.25) is 0 Å². The third-order valence-electron chi connectivity index (χ3n) is 7.35. The minimum Gasteiger partial charge on any atom is -0.382 e. The van der Waals surface area contributed by atoms with Crippen molar-refractivity contribution in [1.29, 1.82) is 5.26 Å². The highest BCUT2D eigenvalue weighted by Gasteiger charge is 2.10. The van der Waals surface area contributed by atoms with Gasteiger partial charge in [-0.05, 0) is 61.9 Å². The van der Waals surface area contributed by atoms with Crippen molar-refractivity contribution >= 4 is 72.1 Å². The van der Waals surface area contributed by atoms with Gasteiger partial charge in [-0.2, -0.15) is 5.26 Å². The summed E-state index contributed by atoms with van der Waals surface area (Å²) < 4.78 is 0. The first kappa shape index (κ1) is 28.5. The lowest BCUT2D eigenvalue weighted by Gasteiger charge is -2.19. The maximum absolute atomic E-state index is 8.93. The van der Waals surface area contributed by atoms with Gasteiger partial charge in [0.1, 0.15) is 6.07 Å². The summed E-state index contributed by atoms with van der Waals surface area (Å²) in [5.74, 6) is 0. The van der Waals surface area contributed by atoms with E-state index in [1.165, 1.54) is 16.7 Å². The highest BCUT2D eigenvalue weighted by Crippen LogP contribution is 2.33. The standard InChI is InChI=1S/C34H33N9S/c1-3-22(2)36-30-16-17-32(27-9-5-4-8-26(27)30)41-42-33-19-18-31(28-10-6-7-11-29(28)33)40-38-23-12-14-24(15-13-23)39-43-34-37-25(20-35)21-44-34/h4-19,21-22,36,38-42H,3H2,1-2H3,(H,37,43). The summed E-state index contributed by atoms with van der Waals surface area (Å²) in [6.07, 6.45) is 1.06. The molecule has 7 N–H and O–H groups in total. The molecule has 0 bridgehead atoms. The molecule has 6 rings (SSSR count). The number of benzene rings is 5. The van der Waals surface area contributed by atoms with E-state index in [1.807, 2.05) is 42.5 Å². The molecule has 1 aromatic heterocycles. The van der Waals surface area contributed by atoms with Crippen LogP contribution < -0.4 is 37.9 Å². The molecule has 0 saturated carbocycles. The molecule has 1 atom stereocenters. The minimum atomic E-state index is 0.395. The van der Waals surface area contributed by atoms with E-state index >= 15 is 0 Å². The number of hydrazine groups is 3. The molecule has 10 heteroatoms. The Bertz CT molecular complexity index is 1930. The van der Waals surface area contributed by atoms with Crippen molar-refractivity contribution < 1.29 is 0 Å². The molecule has 0 aliphatic heterocycles. The zero-order valence-corrected chi connectivity index (χ0v) is 25.2. The third-order valence-corrected chi connectivity index (χ3v) is 8.11. The van der Waals surface area contributed by atoms with Crippen LogP contribution in [0.5, 0.6) is 0 Å². The Morgan fingerprint density at radius 3 is 1.57 bits per heavy atom. The van der Waals surface area contributed by atoms with E-state index in [9.17, 15) is 0 Å². The fraction of sp³-hybridized carbons (Fsp3) is 0.118. The van der Waals surface area contributed by atoms with Gasteiger partial charge >= 0.3 is 0 Å². The first-order chi connectivity index (χ1) is 21.6. The molecule has 0 aliphatic rings. The number of rotatable bonds is 12. The van der Waals surface area contributed by atoms with E-state index in [2.05, 4.69) is 117 Å². The fourth-order valence-electron chi connectivity index (χ4n) is 4.84. The second-order valence-electron chi connectivity index (χ2n) is 10.3. The minimum absolute atomic E-state index is 0.395. The number of nitrogens with one attached hydrogen (secondary N) is 7. The smallest absolute Gasteiger partial charge is 0.202 e. The number of aromatic nitrogens is 1. The summed E-state index contributed by atoms with van der Waals surface area (Å²) in [6, 6.07) is 35.4. The van der Waals surface area contributed by atoms with Gasteiger partial charge in [0.05, 0.1) is 28.4 Å². The molecule has 44 heavy (non-hydrogen) atoms. The zero-order chi connectivity index (χ0) is 30.3. The van der Waals surface area contributed by atoms with E-state index in [0.717, 1.165) is 56.7 Å². The lowest BCUT2D eigenvalue weighted by molar-refractivity contribution is 0.765. The number of hydrogen-bond donors (Lipinski definition) is 7. The second kappa shape index (κ2) is 13.1. The normalized spacial score (nSPS) is 11.4. The molecule has 0 aliphatic carbocycles. The average molecular weight is 600 g/mol. The van der Waals surface area contributed by atoms with Crippen molar-refractivity contribution in [1.82, 2.24) is 4.98 Å². The highest BCUT2D eigenvalue weighted by molar-refractivity contribution is 7.13. The van der Waals surface area contributed by atoms with Crippen molar-refractivity contribution in [2.45, 2.75) is 26.3 Å². The van der Waals surface area contributed by atoms with Gasteiger partial charge in [0, 0.05) is 38.7 Å². The first-order valence-corrected chi connectivity index (χ1v) is 15.3. The van der Waals surface area contributed by atoms with Gasteiger partial charge in [0.15, 0.2) is 5.69 Å². The molecular weight excluding hydrogens is 567 g/mol. The van der Waals surface area contributed by atoms with E-state index in [0.29, 0.717) is 16.9 Å². The largest absolute Gasteiger partial charge is 0.382 e. The third kappa shape index (κ3) is 6.38. The molecule has 5 aromatic carbocycles. The van der Waals surface area contributed by atoms with Gasteiger partial charge in [0.25, 0.3) is 0 Å².